The number of allylic oxidation sites excluding steroid dienone is 4. The molecule has 0 aromatic rings. The van der Waals surface area contributed by atoms with Crippen molar-refractivity contribution in [1.29, 1.82) is 0 Å². The normalized spacial score (nSPS) is 12.3. The molecule has 5 heteroatoms. The maximum atomic E-state index is 12.1. The molecule has 0 unspecified atom stereocenters. The van der Waals surface area contributed by atoms with Crippen LogP contribution in [0.25, 0.3) is 0 Å². The van der Waals surface area contributed by atoms with Crippen LogP contribution in [0, 0.1) is 0 Å². The summed E-state index contributed by atoms with van der Waals surface area (Å²) in [6.07, 6.45) is 40.9. The van der Waals surface area contributed by atoms with Crippen molar-refractivity contribution in [2.75, 3.05) is 13.2 Å². The van der Waals surface area contributed by atoms with Crippen molar-refractivity contribution in [2.45, 2.75) is 200 Å². The topological polar surface area (TPSA) is 72.8 Å². The first-order chi connectivity index (χ1) is 21.6. The molecule has 0 aromatic carbocycles. The molecule has 0 fully saturated rings. The Bertz CT molecular complexity index is 671. The molecule has 0 bridgehead atoms. The number of esters is 2. The Morgan fingerprint density at radius 2 is 0.841 bits per heavy atom. The van der Waals surface area contributed by atoms with Crippen molar-refractivity contribution in [3.05, 3.63) is 24.3 Å². The number of rotatable bonds is 34. The fourth-order valence-corrected chi connectivity index (χ4v) is 5.31. The van der Waals surface area contributed by atoms with E-state index in [9.17, 15) is 14.7 Å². The summed E-state index contributed by atoms with van der Waals surface area (Å²) < 4.78 is 10.6. The SMILES string of the molecule is CCCCCC/C=C\CCCCCCCC(=O)O[C@@H](CO)COC(=O)CCCCCCCCC/C=C\CCCCCCCC. The summed E-state index contributed by atoms with van der Waals surface area (Å²) in [5.74, 6) is -0.603. The van der Waals surface area contributed by atoms with E-state index in [4.69, 9.17) is 9.47 Å². The number of carbonyl (C=O) groups is 2. The lowest BCUT2D eigenvalue weighted by Gasteiger charge is -2.15. The Balaban J connectivity index is 3.56. The maximum Gasteiger partial charge on any atom is 0.306 e. The third-order valence-electron chi connectivity index (χ3n) is 8.22. The Morgan fingerprint density at radius 1 is 0.500 bits per heavy atom. The molecule has 0 saturated heterocycles. The van der Waals surface area contributed by atoms with Crippen molar-refractivity contribution < 1.29 is 24.2 Å². The second-order valence-electron chi connectivity index (χ2n) is 12.6. The molecular formula is C39H72O5. The number of carbonyl (C=O) groups excluding carboxylic acids is 2. The highest BCUT2D eigenvalue weighted by atomic mass is 16.6. The van der Waals surface area contributed by atoms with Crippen LogP contribution in [0.3, 0.4) is 0 Å². The summed E-state index contributed by atoms with van der Waals surface area (Å²) in [6, 6.07) is 0. The van der Waals surface area contributed by atoms with Crippen LogP contribution in [-0.4, -0.2) is 36.4 Å². The molecule has 0 heterocycles. The molecule has 1 atom stereocenters. The second-order valence-corrected chi connectivity index (χ2v) is 12.6. The minimum Gasteiger partial charge on any atom is -0.462 e. The zero-order valence-electron chi connectivity index (χ0n) is 29.2. The summed E-state index contributed by atoms with van der Waals surface area (Å²) in [6.45, 7) is 4.11. The monoisotopic (exact) mass is 621 g/mol. The van der Waals surface area contributed by atoms with Gasteiger partial charge in [-0.2, -0.15) is 0 Å². The van der Waals surface area contributed by atoms with Crippen LogP contribution in [0.1, 0.15) is 194 Å². The van der Waals surface area contributed by atoms with Crippen LogP contribution in [-0.2, 0) is 19.1 Å². The van der Waals surface area contributed by atoms with E-state index in [-0.39, 0.29) is 25.2 Å². The van der Waals surface area contributed by atoms with Gasteiger partial charge in [-0.15, -0.1) is 0 Å². The third kappa shape index (κ3) is 33.3. The van der Waals surface area contributed by atoms with Gasteiger partial charge in [0, 0.05) is 12.8 Å². The summed E-state index contributed by atoms with van der Waals surface area (Å²) in [4.78, 5) is 24.2. The molecular weight excluding hydrogens is 548 g/mol. The van der Waals surface area contributed by atoms with Gasteiger partial charge < -0.3 is 14.6 Å². The van der Waals surface area contributed by atoms with E-state index in [0.717, 1.165) is 44.9 Å². The number of aliphatic hydroxyl groups excluding tert-OH is 1. The third-order valence-corrected chi connectivity index (χ3v) is 8.22. The van der Waals surface area contributed by atoms with E-state index in [1.54, 1.807) is 0 Å². The fourth-order valence-electron chi connectivity index (χ4n) is 5.31. The maximum absolute atomic E-state index is 12.1. The Morgan fingerprint density at radius 3 is 1.25 bits per heavy atom. The van der Waals surface area contributed by atoms with Crippen LogP contribution >= 0.6 is 0 Å². The lowest BCUT2D eigenvalue weighted by atomic mass is 10.1. The van der Waals surface area contributed by atoms with Crippen LogP contribution < -0.4 is 0 Å². The van der Waals surface area contributed by atoms with E-state index >= 15 is 0 Å². The van der Waals surface area contributed by atoms with Gasteiger partial charge in [-0.1, -0.05) is 141 Å². The minimum absolute atomic E-state index is 0.0688. The number of hydrogen-bond acceptors (Lipinski definition) is 5. The molecule has 0 rings (SSSR count). The quantitative estimate of drug-likeness (QED) is 0.0440. The van der Waals surface area contributed by atoms with E-state index in [1.165, 1.54) is 122 Å². The molecule has 0 amide bonds. The zero-order valence-corrected chi connectivity index (χ0v) is 29.2. The van der Waals surface area contributed by atoms with Crippen LogP contribution in [0.15, 0.2) is 24.3 Å². The lowest BCUT2D eigenvalue weighted by Crippen LogP contribution is -2.28. The average Bonchev–Trinajstić information content (AvgIpc) is 3.02. The Labute approximate surface area is 273 Å². The number of unbranched alkanes of at least 4 members (excludes halogenated alkanes) is 22. The van der Waals surface area contributed by atoms with E-state index < -0.39 is 6.10 Å². The van der Waals surface area contributed by atoms with Crippen molar-refractivity contribution >= 4 is 11.9 Å². The van der Waals surface area contributed by atoms with Gasteiger partial charge in [0.25, 0.3) is 0 Å². The molecule has 44 heavy (non-hydrogen) atoms. The van der Waals surface area contributed by atoms with E-state index in [1.807, 2.05) is 0 Å². The second kappa shape index (κ2) is 35.9. The number of hydrogen-bond donors (Lipinski definition) is 1. The van der Waals surface area contributed by atoms with Crippen molar-refractivity contribution in [1.82, 2.24) is 0 Å². The van der Waals surface area contributed by atoms with Gasteiger partial charge in [0.2, 0.25) is 0 Å². The molecule has 0 saturated carbocycles. The van der Waals surface area contributed by atoms with E-state index in [2.05, 4.69) is 38.2 Å². The highest BCUT2D eigenvalue weighted by Crippen LogP contribution is 2.13. The Kier molecular flexibility index (Phi) is 34.5. The average molecular weight is 621 g/mol. The van der Waals surface area contributed by atoms with Gasteiger partial charge in [-0.3, -0.25) is 9.59 Å². The highest BCUT2D eigenvalue weighted by Gasteiger charge is 2.16. The largest absolute Gasteiger partial charge is 0.462 e. The zero-order chi connectivity index (χ0) is 32.2. The van der Waals surface area contributed by atoms with Gasteiger partial charge in [-0.25, -0.2) is 0 Å². The summed E-state index contributed by atoms with van der Waals surface area (Å²) in [5, 5.41) is 9.53. The number of ether oxygens (including phenoxy) is 2. The van der Waals surface area contributed by atoms with Crippen LogP contribution in [0.5, 0.6) is 0 Å². The standard InChI is InChI=1S/C39H72O5/c1-3-5-7-9-11-13-15-17-18-19-20-22-23-25-27-29-31-33-38(41)43-36-37(35-40)44-39(42)34-32-30-28-26-24-21-16-14-12-10-8-6-4-2/h14,16-18,37,40H,3-13,15,19-36H2,1-2H3/b16-14-,18-17-/t37-/m0/s1. The smallest absolute Gasteiger partial charge is 0.306 e. The predicted octanol–water partition coefficient (Wildman–Crippen LogP) is 11.5. The number of aliphatic hydroxyl groups is 1. The van der Waals surface area contributed by atoms with Crippen LogP contribution in [0.2, 0.25) is 0 Å². The molecule has 5 nitrogen and oxygen atoms in total. The Hall–Kier alpha value is -1.62. The van der Waals surface area contributed by atoms with Crippen molar-refractivity contribution in [3.8, 4) is 0 Å². The molecule has 0 aliphatic carbocycles. The molecule has 258 valence electrons. The van der Waals surface area contributed by atoms with Gasteiger partial charge in [0.15, 0.2) is 6.10 Å². The molecule has 0 aliphatic heterocycles. The minimum atomic E-state index is -0.773. The first-order valence-corrected chi connectivity index (χ1v) is 18.9. The highest BCUT2D eigenvalue weighted by molar-refractivity contribution is 5.70. The molecule has 0 spiro atoms. The van der Waals surface area contributed by atoms with Gasteiger partial charge in [0.1, 0.15) is 6.61 Å². The summed E-state index contributed by atoms with van der Waals surface area (Å²) >= 11 is 0. The fraction of sp³-hybridized carbons (Fsp3) is 0.846. The molecule has 0 radical (unpaired) electrons. The van der Waals surface area contributed by atoms with Crippen LogP contribution in [0.4, 0.5) is 0 Å². The van der Waals surface area contributed by atoms with Gasteiger partial charge in [0.05, 0.1) is 6.61 Å². The predicted molar refractivity (Wildman–Crippen MR) is 187 cm³/mol. The summed E-state index contributed by atoms with van der Waals surface area (Å²) in [7, 11) is 0. The van der Waals surface area contributed by atoms with Gasteiger partial charge in [-0.05, 0) is 64.2 Å². The first-order valence-electron chi connectivity index (χ1n) is 18.9. The van der Waals surface area contributed by atoms with Gasteiger partial charge >= 0.3 is 11.9 Å². The molecule has 1 N–H and O–H groups in total. The van der Waals surface area contributed by atoms with E-state index in [0.29, 0.717) is 12.8 Å². The summed E-state index contributed by atoms with van der Waals surface area (Å²) in [5.41, 5.74) is 0. The lowest BCUT2D eigenvalue weighted by molar-refractivity contribution is -0.161. The first kappa shape index (κ1) is 42.4. The van der Waals surface area contributed by atoms with Crippen molar-refractivity contribution in [3.63, 3.8) is 0 Å². The van der Waals surface area contributed by atoms with Crippen molar-refractivity contribution in [2.24, 2.45) is 0 Å². The molecule has 0 aliphatic rings. The molecule has 0 aromatic heterocycles.